The minimum atomic E-state index is -1.06. The maximum absolute atomic E-state index is 11.8. The lowest BCUT2D eigenvalue weighted by Gasteiger charge is -2.20. The van der Waals surface area contributed by atoms with Crippen LogP contribution in [0, 0.1) is 0 Å². The molecule has 1 unspecified atom stereocenters. The van der Waals surface area contributed by atoms with E-state index < -0.39 is 18.0 Å². The first-order valence-corrected chi connectivity index (χ1v) is 8.16. The Morgan fingerprint density at radius 1 is 1.24 bits per heavy atom. The van der Waals surface area contributed by atoms with Crippen molar-refractivity contribution in [1.82, 2.24) is 4.98 Å². The minimum absolute atomic E-state index is 0.0271. The highest BCUT2D eigenvalue weighted by molar-refractivity contribution is 6.30. The van der Waals surface area contributed by atoms with Gasteiger partial charge < -0.3 is 9.47 Å². The molecule has 2 aromatic rings. The van der Waals surface area contributed by atoms with Crippen molar-refractivity contribution in [2.45, 2.75) is 32.8 Å². The number of hydrogen-bond donors (Lipinski definition) is 0. The van der Waals surface area contributed by atoms with Gasteiger partial charge in [0.1, 0.15) is 5.15 Å². The smallest absolute Gasteiger partial charge is 0.337 e. The van der Waals surface area contributed by atoms with Crippen LogP contribution in [-0.4, -0.2) is 24.0 Å². The summed E-state index contributed by atoms with van der Waals surface area (Å²) in [5, 5.41) is 0.974. The Hall–Kier alpha value is -2.40. The molecule has 0 N–H and O–H groups in total. The lowest BCUT2D eigenvalue weighted by Crippen LogP contribution is -2.18. The highest BCUT2D eigenvalue weighted by Gasteiger charge is 2.27. The summed E-state index contributed by atoms with van der Waals surface area (Å²) in [5.74, 6) is -0.904. The second-order valence-corrected chi connectivity index (χ2v) is 6.34. The van der Waals surface area contributed by atoms with E-state index in [4.69, 9.17) is 16.3 Å². The molecule has 0 saturated carbocycles. The Morgan fingerprint density at radius 3 is 2.48 bits per heavy atom. The molecule has 0 saturated heterocycles. The number of nitrogens with zero attached hydrogens (tertiary/aromatic N) is 1. The maximum Gasteiger partial charge on any atom is 0.337 e. The molecule has 0 fully saturated rings. The van der Waals surface area contributed by atoms with Crippen molar-refractivity contribution >= 4 is 34.4 Å². The number of esters is 2. The lowest BCUT2D eigenvalue weighted by atomic mass is 9.98. The van der Waals surface area contributed by atoms with Crippen molar-refractivity contribution in [3.8, 4) is 0 Å². The zero-order valence-electron chi connectivity index (χ0n) is 14.6. The van der Waals surface area contributed by atoms with Crippen LogP contribution in [-0.2, 0) is 19.1 Å². The zero-order valence-corrected chi connectivity index (χ0v) is 15.4. The largest absolute Gasteiger partial charge is 0.466 e. The number of carbonyl (C=O) groups is 2. The predicted molar refractivity (Wildman–Crippen MR) is 96.5 cm³/mol. The summed E-state index contributed by atoms with van der Waals surface area (Å²) in [6.07, 6.45) is -1.06. The normalized spacial score (nSPS) is 12.1. The Balaban J connectivity index is 2.60. The van der Waals surface area contributed by atoms with Crippen molar-refractivity contribution in [2.75, 3.05) is 7.11 Å². The number of carbonyl (C=O) groups excluding carboxylic acids is 2. The van der Waals surface area contributed by atoms with Gasteiger partial charge >= 0.3 is 11.9 Å². The monoisotopic (exact) mass is 361 g/mol. The molecular weight excluding hydrogens is 342 g/mol. The van der Waals surface area contributed by atoms with Crippen molar-refractivity contribution in [1.29, 1.82) is 0 Å². The third kappa shape index (κ3) is 4.17. The maximum atomic E-state index is 11.8. The first-order valence-electron chi connectivity index (χ1n) is 7.79. The molecule has 2 rings (SSSR count). The second kappa shape index (κ2) is 7.66. The van der Waals surface area contributed by atoms with Gasteiger partial charge in [-0.05, 0) is 29.7 Å². The van der Waals surface area contributed by atoms with Crippen molar-refractivity contribution in [3.63, 3.8) is 0 Å². The van der Waals surface area contributed by atoms with Crippen molar-refractivity contribution in [2.24, 2.45) is 0 Å². The molecule has 0 aliphatic carbocycles. The molecule has 25 heavy (non-hydrogen) atoms. The Morgan fingerprint density at radius 2 is 1.92 bits per heavy atom. The molecule has 1 heterocycles. The van der Waals surface area contributed by atoms with Gasteiger partial charge in [0.15, 0.2) is 6.10 Å². The van der Waals surface area contributed by atoms with E-state index in [1.54, 1.807) is 6.07 Å². The van der Waals surface area contributed by atoms with Crippen LogP contribution in [0.3, 0.4) is 0 Å². The van der Waals surface area contributed by atoms with Crippen LogP contribution in [0.1, 0.15) is 43.9 Å². The Labute approximate surface area is 151 Å². The second-order valence-electron chi connectivity index (χ2n) is 5.98. The number of halogens is 1. The summed E-state index contributed by atoms with van der Waals surface area (Å²) in [4.78, 5) is 27.7. The molecule has 1 aromatic heterocycles. The number of rotatable bonds is 5. The fourth-order valence-electron chi connectivity index (χ4n) is 2.46. The summed E-state index contributed by atoms with van der Waals surface area (Å²) in [5.41, 5.74) is 2.21. The third-order valence-electron chi connectivity index (χ3n) is 3.82. The van der Waals surface area contributed by atoms with Gasteiger partial charge in [-0.15, -0.1) is 0 Å². The van der Waals surface area contributed by atoms with Crippen LogP contribution in [0.4, 0.5) is 0 Å². The average molecular weight is 362 g/mol. The first kappa shape index (κ1) is 18.9. The van der Waals surface area contributed by atoms with Gasteiger partial charge in [-0.1, -0.05) is 38.1 Å². The topological polar surface area (TPSA) is 65.5 Å². The number of pyridine rings is 1. The Kier molecular flexibility index (Phi) is 5.80. The quantitative estimate of drug-likeness (QED) is 0.450. The third-order valence-corrected chi connectivity index (χ3v) is 4.12. The summed E-state index contributed by atoms with van der Waals surface area (Å²) in [6, 6.07) is 7.64. The number of ether oxygens (including phenoxy) is 2. The molecule has 0 aliphatic heterocycles. The minimum Gasteiger partial charge on any atom is -0.466 e. The van der Waals surface area contributed by atoms with E-state index >= 15 is 0 Å². The molecule has 0 bridgehead atoms. The van der Waals surface area contributed by atoms with Crippen molar-refractivity contribution < 1.29 is 19.1 Å². The summed E-state index contributed by atoms with van der Waals surface area (Å²) in [7, 11) is 1.23. The van der Waals surface area contributed by atoms with Gasteiger partial charge in [0.05, 0.1) is 18.2 Å². The van der Waals surface area contributed by atoms with Crippen molar-refractivity contribution in [3.05, 3.63) is 52.7 Å². The Bertz CT molecular complexity index is 845. The predicted octanol–water partition coefficient (Wildman–Crippen LogP) is 4.35. The van der Waals surface area contributed by atoms with E-state index in [1.807, 2.05) is 18.2 Å². The van der Waals surface area contributed by atoms with Gasteiger partial charge in [-0.25, -0.2) is 9.78 Å². The standard InChI is InChI=1S/C19H20ClNO4/c1-10(2)13-6-7-16-14(8-13)9-15(18(20)21-16)17(25-12(4)22)11(3)19(23)24-5/h6-10,17H,3H2,1-2,4-5H3. The highest BCUT2D eigenvalue weighted by atomic mass is 35.5. The SMILES string of the molecule is C=C(C(=O)OC)C(OC(C)=O)c1cc2cc(C(C)C)ccc2nc1Cl. The van der Waals surface area contributed by atoms with Gasteiger partial charge in [0.2, 0.25) is 0 Å². The molecule has 0 spiro atoms. The molecule has 6 heteroatoms. The summed E-state index contributed by atoms with van der Waals surface area (Å²) in [6.45, 7) is 9.11. The van der Waals surface area contributed by atoms with Gasteiger partial charge in [-0.2, -0.15) is 0 Å². The van der Waals surface area contributed by atoms with Crippen LogP contribution < -0.4 is 0 Å². The number of benzene rings is 1. The van der Waals surface area contributed by atoms with Gasteiger partial charge in [-0.3, -0.25) is 4.79 Å². The molecule has 1 atom stereocenters. The van der Waals surface area contributed by atoms with E-state index in [-0.39, 0.29) is 10.7 Å². The molecular formula is C19H20ClNO4. The molecule has 0 aliphatic rings. The van der Waals surface area contributed by atoms with E-state index in [0.29, 0.717) is 17.0 Å². The highest BCUT2D eigenvalue weighted by Crippen LogP contribution is 2.33. The lowest BCUT2D eigenvalue weighted by molar-refractivity contribution is -0.147. The molecule has 0 amide bonds. The van der Waals surface area contributed by atoms with Crippen LogP contribution >= 0.6 is 11.6 Å². The van der Waals surface area contributed by atoms with Crippen LogP contribution in [0.25, 0.3) is 10.9 Å². The van der Waals surface area contributed by atoms with E-state index in [0.717, 1.165) is 10.9 Å². The van der Waals surface area contributed by atoms with Crippen LogP contribution in [0.15, 0.2) is 36.4 Å². The van der Waals surface area contributed by atoms with E-state index in [2.05, 4.69) is 30.1 Å². The molecule has 5 nitrogen and oxygen atoms in total. The number of fused-ring (bicyclic) bond motifs is 1. The van der Waals surface area contributed by atoms with Gasteiger partial charge in [0, 0.05) is 17.9 Å². The van der Waals surface area contributed by atoms with Crippen LogP contribution in [0.5, 0.6) is 0 Å². The zero-order chi connectivity index (χ0) is 18.7. The molecule has 0 radical (unpaired) electrons. The van der Waals surface area contributed by atoms with E-state index in [9.17, 15) is 9.59 Å². The van der Waals surface area contributed by atoms with E-state index in [1.165, 1.54) is 14.0 Å². The average Bonchev–Trinajstić information content (AvgIpc) is 2.57. The number of hydrogen-bond acceptors (Lipinski definition) is 5. The molecule has 132 valence electrons. The number of methoxy groups -OCH3 is 1. The van der Waals surface area contributed by atoms with Crippen LogP contribution in [0.2, 0.25) is 5.15 Å². The summed E-state index contributed by atoms with van der Waals surface area (Å²) < 4.78 is 9.95. The fraction of sp³-hybridized carbons (Fsp3) is 0.316. The number of aromatic nitrogens is 1. The first-order chi connectivity index (χ1) is 11.7. The van der Waals surface area contributed by atoms with Gasteiger partial charge in [0.25, 0.3) is 0 Å². The fourth-order valence-corrected chi connectivity index (χ4v) is 2.70. The molecule has 1 aromatic carbocycles. The summed E-state index contributed by atoms with van der Waals surface area (Å²) >= 11 is 6.28.